The molecule has 0 aliphatic heterocycles. The fourth-order valence-electron chi connectivity index (χ4n) is 3.23. The van der Waals surface area contributed by atoms with Crippen molar-refractivity contribution in [2.45, 2.75) is 83.9 Å². The average Bonchev–Trinajstić information content (AvgIpc) is 2.62. The molecule has 30 heavy (non-hydrogen) atoms. The van der Waals surface area contributed by atoms with Crippen LogP contribution in [-0.4, -0.2) is 41.7 Å². The number of amides is 2. The Hall–Kier alpha value is -1.49. The molecular weight excluding hydrogens is 412 g/mol. The highest BCUT2D eigenvalue weighted by molar-refractivity contribution is 6.71. The first-order chi connectivity index (χ1) is 13.9. The van der Waals surface area contributed by atoms with Crippen LogP contribution in [0.2, 0.25) is 38.3 Å². The number of benzene rings is 1. The Morgan fingerprint density at radius 3 is 1.60 bits per heavy atom. The first kappa shape index (κ1) is 26.5. The molecule has 0 heterocycles. The number of rotatable bonds is 13. The second kappa shape index (κ2) is 12.4. The van der Waals surface area contributed by atoms with Crippen LogP contribution in [0.15, 0.2) is 24.3 Å². The van der Waals surface area contributed by atoms with E-state index in [-0.39, 0.29) is 17.9 Å². The van der Waals surface area contributed by atoms with E-state index in [1.165, 1.54) is 0 Å². The fourth-order valence-corrected chi connectivity index (χ4v) is 6.89. The van der Waals surface area contributed by atoms with Gasteiger partial charge < -0.3 is 19.5 Å². The van der Waals surface area contributed by atoms with E-state index in [9.17, 15) is 9.59 Å². The molecule has 0 aliphatic carbocycles. The van der Waals surface area contributed by atoms with Crippen LogP contribution in [0.25, 0.3) is 0 Å². The molecule has 0 saturated carbocycles. The lowest BCUT2D eigenvalue weighted by molar-refractivity contribution is -0.117. The molecule has 2 N–H and O–H groups in total. The zero-order valence-corrected chi connectivity index (χ0v) is 21.8. The van der Waals surface area contributed by atoms with Crippen molar-refractivity contribution in [1.29, 1.82) is 0 Å². The Morgan fingerprint density at radius 1 is 0.833 bits per heavy atom. The molecule has 0 aliphatic rings. The number of hydrogen-bond donors (Lipinski definition) is 2. The van der Waals surface area contributed by atoms with Crippen LogP contribution in [0, 0.1) is 0 Å². The summed E-state index contributed by atoms with van der Waals surface area (Å²) in [6.45, 7) is 12.8. The molecule has 0 unspecified atom stereocenters. The van der Waals surface area contributed by atoms with Gasteiger partial charge in [0.15, 0.2) is 16.6 Å². The van der Waals surface area contributed by atoms with Crippen molar-refractivity contribution in [3.63, 3.8) is 0 Å². The maximum absolute atomic E-state index is 12.2. The molecule has 6 nitrogen and oxygen atoms in total. The normalized spacial score (nSPS) is 12.1. The molecule has 0 saturated heterocycles. The standard InChI is InChI=1S/C22H40N2O4Si2/c1-18(2)28-30(6,7)17-9-11-22(26)24-20-14-12-19(13-15-20)23-21(25)10-8-16-29(4,5)27-3/h12-15,18H,8-11,16-17H2,1-7H3,(H,23,25)(H,24,26). The highest BCUT2D eigenvalue weighted by atomic mass is 28.4. The van der Waals surface area contributed by atoms with Crippen molar-refractivity contribution in [2.24, 2.45) is 0 Å². The summed E-state index contributed by atoms with van der Waals surface area (Å²) in [7, 11) is -1.56. The largest absolute Gasteiger partial charge is 0.420 e. The van der Waals surface area contributed by atoms with Gasteiger partial charge in [-0.3, -0.25) is 9.59 Å². The summed E-state index contributed by atoms with van der Waals surface area (Å²) in [6.07, 6.45) is 2.86. The van der Waals surface area contributed by atoms with Gasteiger partial charge in [0.2, 0.25) is 11.8 Å². The Morgan fingerprint density at radius 2 is 1.23 bits per heavy atom. The topological polar surface area (TPSA) is 76.7 Å². The number of nitrogens with one attached hydrogen (secondary N) is 2. The van der Waals surface area contributed by atoms with Gasteiger partial charge >= 0.3 is 0 Å². The van der Waals surface area contributed by atoms with Crippen LogP contribution < -0.4 is 10.6 Å². The molecule has 2 amide bonds. The van der Waals surface area contributed by atoms with Gasteiger partial charge in [-0.2, -0.15) is 0 Å². The molecule has 0 atom stereocenters. The molecule has 0 spiro atoms. The molecule has 0 fully saturated rings. The van der Waals surface area contributed by atoms with Crippen LogP contribution in [0.4, 0.5) is 11.4 Å². The smallest absolute Gasteiger partial charge is 0.224 e. The van der Waals surface area contributed by atoms with Crippen LogP contribution in [-0.2, 0) is 18.4 Å². The van der Waals surface area contributed by atoms with E-state index in [0.717, 1.165) is 36.3 Å². The molecule has 1 aromatic rings. The zero-order valence-electron chi connectivity index (χ0n) is 19.8. The molecule has 170 valence electrons. The summed E-state index contributed by atoms with van der Waals surface area (Å²) in [5.41, 5.74) is 1.47. The van der Waals surface area contributed by atoms with Gasteiger partial charge in [0.25, 0.3) is 0 Å². The van der Waals surface area contributed by atoms with Crippen LogP contribution in [0.5, 0.6) is 0 Å². The summed E-state index contributed by atoms with van der Waals surface area (Å²) in [5, 5.41) is 5.83. The van der Waals surface area contributed by atoms with E-state index in [4.69, 9.17) is 8.85 Å². The van der Waals surface area contributed by atoms with Gasteiger partial charge in [-0.15, -0.1) is 0 Å². The Balaban J connectivity index is 2.36. The van der Waals surface area contributed by atoms with Crippen molar-refractivity contribution >= 4 is 39.8 Å². The quantitative estimate of drug-likeness (QED) is 0.382. The van der Waals surface area contributed by atoms with Gasteiger partial charge in [-0.25, -0.2) is 0 Å². The van der Waals surface area contributed by atoms with Crippen molar-refractivity contribution < 1.29 is 18.4 Å². The van der Waals surface area contributed by atoms with Crippen molar-refractivity contribution in [2.75, 3.05) is 17.7 Å². The minimum Gasteiger partial charge on any atom is -0.420 e. The van der Waals surface area contributed by atoms with Gasteiger partial charge in [0.1, 0.15) is 0 Å². The minimum atomic E-state index is -1.70. The summed E-state index contributed by atoms with van der Waals surface area (Å²) in [5.74, 6) is 0.00847. The van der Waals surface area contributed by atoms with E-state index in [1.54, 1.807) is 7.11 Å². The van der Waals surface area contributed by atoms with Gasteiger partial charge in [0, 0.05) is 37.4 Å². The zero-order chi connectivity index (χ0) is 22.8. The third-order valence-electron chi connectivity index (χ3n) is 4.93. The van der Waals surface area contributed by atoms with E-state index >= 15 is 0 Å². The predicted molar refractivity (Wildman–Crippen MR) is 130 cm³/mol. The maximum atomic E-state index is 12.2. The lowest BCUT2D eigenvalue weighted by atomic mass is 10.2. The molecule has 8 heteroatoms. The number of anilines is 2. The van der Waals surface area contributed by atoms with Gasteiger partial charge in [-0.05, 0) is 89.2 Å². The highest BCUT2D eigenvalue weighted by Crippen LogP contribution is 2.19. The summed E-state index contributed by atoms with van der Waals surface area (Å²) < 4.78 is 11.5. The van der Waals surface area contributed by atoms with Crippen molar-refractivity contribution in [3.8, 4) is 0 Å². The summed E-state index contributed by atoms with van der Waals surface area (Å²) in [4.78, 5) is 24.3. The second-order valence-corrected chi connectivity index (χ2v) is 18.0. The molecule has 0 bridgehead atoms. The van der Waals surface area contributed by atoms with E-state index in [0.29, 0.717) is 12.8 Å². The first-order valence-electron chi connectivity index (χ1n) is 10.9. The summed E-state index contributed by atoms with van der Waals surface area (Å²) in [6, 6.07) is 9.19. The van der Waals surface area contributed by atoms with Crippen molar-refractivity contribution in [3.05, 3.63) is 24.3 Å². The lowest BCUT2D eigenvalue weighted by Crippen LogP contribution is -2.33. The fraction of sp³-hybridized carbons (Fsp3) is 0.636. The molecule has 1 aromatic carbocycles. The monoisotopic (exact) mass is 452 g/mol. The molecule has 1 rings (SSSR count). The van der Waals surface area contributed by atoms with E-state index in [2.05, 4.69) is 50.7 Å². The SMILES string of the molecule is CO[Si](C)(C)CCCC(=O)Nc1ccc(NC(=O)CCC[Si](C)(C)OC(C)C)cc1. The van der Waals surface area contributed by atoms with Crippen molar-refractivity contribution in [1.82, 2.24) is 0 Å². The lowest BCUT2D eigenvalue weighted by Gasteiger charge is -2.25. The Labute approximate surface area is 184 Å². The predicted octanol–water partition coefficient (Wildman–Crippen LogP) is 5.61. The maximum Gasteiger partial charge on any atom is 0.224 e. The van der Waals surface area contributed by atoms with Crippen LogP contribution in [0.1, 0.15) is 39.5 Å². The molecule has 0 radical (unpaired) electrons. The second-order valence-electron chi connectivity index (χ2n) is 9.27. The Kier molecular flexibility index (Phi) is 11.0. The van der Waals surface area contributed by atoms with E-state index in [1.807, 2.05) is 24.3 Å². The number of hydrogen-bond acceptors (Lipinski definition) is 4. The van der Waals surface area contributed by atoms with Crippen LogP contribution in [0.3, 0.4) is 0 Å². The van der Waals surface area contributed by atoms with E-state index < -0.39 is 16.6 Å². The number of carbonyl (C=O) groups is 2. The summed E-state index contributed by atoms with van der Waals surface area (Å²) >= 11 is 0. The molecular formula is C22H40N2O4Si2. The highest BCUT2D eigenvalue weighted by Gasteiger charge is 2.23. The Bertz CT molecular complexity index is 676. The minimum absolute atomic E-state index is 0.00286. The third-order valence-corrected chi connectivity index (χ3v) is 10.3. The third kappa shape index (κ3) is 11.6. The average molecular weight is 453 g/mol. The number of carbonyl (C=O) groups excluding carboxylic acids is 2. The first-order valence-corrected chi connectivity index (χ1v) is 17.1. The molecule has 0 aromatic heterocycles. The van der Waals surface area contributed by atoms with Crippen LogP contribution >= 0.6 is 0 Å². The van der Waals surface area contributed by atoms with Gasteiger partial charge in [0.05, 0.1) is 0 Å². The van der Waals surface area contributed by atoms with Gasteiger partial charge in [-0.1, -0.05) is 0 Å².